The SMILES string of the molecule is CC.CN1C2CC=CCCC21. The zero-order chi connectivity index (χ0) is 8.27. The van der Waals surface area contributed by atoms with E-state index in [4.69, 9.17) is 0 Å². The summed E-state index contributed by atoms with van der Waals surface area (Å²) in [5.41, 5.74) is 0. The van der Waals surface area contributed by atoms with Crippen molar-refractivity contribution in [3.63, 3.8) is 0 Å². The zero-order valence-electron chi connectivity index (χ0n) is 7.88. The first kappa shape index (κ1) is 8.79. The summed E-state index contributed by atoms with van der Waals surface area (Å²) in [4.78, 5) is 2.48. The Morgan fingerprint density at radius 1 is 1.18 bits per heavy atom. The zero-order valence-corrected chi connectivity index (χ0v) is 7.88. The Morgan fingerprint density at radius 3 is 2.64 bits per heavy atom. The van der Waals surface area contributed by atoms with E-state index in [2.05, 4.69) is 24.1 Å². The number of fused-ring (bicyclic) bond motifs is 1. The number of hydrogen-bond donors (Lipinski definition) is 0. The first-order chi connectivity index (χ1) is 5.39. The molecule has 2 aliphatic rings. The van der Waals surface area contributed by atoms with Gasteiger partial charge in [-0.25, -0.2) is 0 Å². The summed E-state index contributed by atoms with van der Waals surface area (Å²) in [5.74, 6) is 0. The molecule has 1 aliphatic heterocycles. The molecule has 1 heterocycles. The molecule has 1 heteroatoms. The van der Waals surface area contributed by atoms with E-state index in [0.717, 1.165) is 12.1 Å². The van der Waals surface area contributed by atoms with Crippen molar-refractivity contribution in [2.45, 2.75) is 45.2 Å². The van der Waals surface area contributed by atoms with Crippen molar-refractivity contribution in [3.05, 3.63) is 12.2 Å². The summed E-state index contributed by atoms with van der Waals surface area (Å²) >= 11 is 0. The van der Waals surface area contributed by atoms with E-state index < -0.39 is 0 Å². The molecule has 1 aliphatic carbocycles. The molecule has 1 fully saturated rings. The number of likely N-dealkylation sites (N-methyl/N-ethyl adjacent to an activating group) is 1. The first-order valence-electron chi connectivity index (χ1n) is 4.76. The van der Waals surface area contributed by atoms with Gasteiger partial charge in [-0.2, -0.15) is 0 Å². The smallest absolute Gasteiger partial charge is 0.0286 e. The molecule has 0 saturated carbocycles. The average Bonchev–Trinajstić information content (AvgIpc) is 2.73. The van der Waals surface area contributed by atoms with E-state index in [1.54, 1.807) is 0 Å². The van der Waals surface area contributed by atoms with Crippen molar-refractivity contribution >= 4 is 0 Å². The lowest BCUT2D eigenvalue weighted by Gasteiger charge is -1.91. The fraction of sp³-hybridized carbons (Fsp3) is 0.800. The van der Waals surface area contributed by atoms with E-state index in [1.807, 2.05) is 13.8 Å². The molecule has 0 radical (unpaired) electrons. The molecular weight excluding hydrogens is 134 g/mol. The van der Waals surface area contributed by atoms with Crippen molar-refractivity contribution in [3.8, 4) is 0 Å². The Bertz CT molecular complexity index is 140. The Balaban J connectivity index is 0.000000281. The molecule has 1 saturated heterocycles. The Hall–Kier alpha value is -0.300. The first-order valence-corrected chi connectivity index (χ1v) is 4.76. The number of allylic oxidation sites excluding steroid dienone is 1. The topological polar surface area (TPSA) is 3.01 Å². The van der Waals surface area contributed by atoms with Gasteiger partial charge in [0.25, 0.3) is 0 Å². The second-order valence-electron chi connectivity index (χ2n) is 3.08. The summed E-state index contributed by atoms with van der Waals surface area (Å²) in [5, 5.41) is 0. The van der Waals surface area contributed by atoms with Gasteiger partial charge in [0.1, 0.15) is 0 Å². The van der Waals surface area contributed by atoms with E-state index in [-0.39, 0.29) is 0 Å². The monoisotopic (exact) mass is 153 g/mol. The van der Waals surface area contributed by atoms with Crippen LogP contribution in [0.25, 0.3) is 0 Å². The molecular formula is C10H19N. The Kier molecular flexibility index (Phi) is 3.13. The van der Waals surface area contributed by atoms with E-state index in [9.17, 15) is 0 Å². The minimum absolute atomic E-state index is 0.906. The predicted octanol–water partition coefficient (Wildman–Crippen LogP) is 2.44. The quantitative estimate of drug-likeness (QED) is 0.381. The summed E-state index contributed by atoms with van der Waals surface area (Å²) in [6.45, 7) is 4.00. The summed E-state index contributed by atoms with van der Waals surface area (Å²) in [6, 6.07) is 1.84. The third-order valence-corrected chi connectivity index (χ3v) is 2.57. The van der Waals surface area contributed by atoms with Crippen molar-refractivity contribution < 1.29 is 0 Å². The van der Waals surface area contributed by atoms with Crippen LogP contribution in [-0.4, -0.2) is 24.0 Å². The molecule has 1 nitrogen and oxygen atoms in total. The lowest BCUT2D eigenvalue weighted by atomic mass is 10.2. The highest BCUT2D eigenvalue weighted by atomic mass is 15.3. The van der Waals surface area contributed by atoms with Crippen LogP contribution in [0.15, 0.2) is 12.2 Å². The van der Waals surface area contributed by atoms with E-state index >= 15 is 0 Å². The Labute approximate surface area is 70.1 Å². The lowest BCUT2D eigenvalue weighted by molar-refractivity contribution is 0.562. The predicted molar refractivity (Wildman–Crippen MR) is 49.7 cm³/mol. The number of hydrogen-bond acceptors (Lipinski definition) is 1. The van der Waals surface area contributed by atoms with Crippen LogP contribution >= 0.6 is 0 Å². The minimum Gasteiger partial charge on any atom is -0.297 e. The molecule has 3 unspecified atom stereocenters. The Morgan fingerprint density at radius 2 is 1.91 bits per heavy atom. The third-order valence-electron chi connectivity index (χ3n) is 2.57. The summed E-state index contributed by atoms with van der Waals surface area (Å²) < 4.78 is 0. The number of nitrogens with zero attached hydrogens (tertiary/aromatic N) is 1. The van der Waals surface area contributed by atoms with Crippen LogP contribution in [0.2, 0.25) is 0 Å². The van der Waals surface area contributed by atoms with Gasteiger partial charge >= 0.3 is 0 Å². The van der Waals surface area contributed by atoms with Crippen molar-refractivity contribution in [1.29, 1.82) is 0 Å². The van der Waals surface area contributed by atoms with Gasteiger partial charge in [0.05, 0.1) is 0 Å². The minimum atomic E-state index is 0.906. The van der Waals surface area contributed by atoms with Crippen LogP contribution < -0.4 is 0 Å². The normalized spacial score (nSPS) is 39.7. The van der Waals surface area contributed by atoms with Crippen LogP contribution in [0, 0.1) is 0 Å². The van der Waals surface area contributed by atoms with Gasteiger partial charge in [0.2, 0.25) is 0 Å². The molecule has 0 amide bonds. The second kappa shape index (κ2) is 3.91. The highest BCUT2D eigenvalue weighted by Gasteiger charge is 2.42. The summed E-state index contributed by atoms with van der Waals surface area (Å²) in [7, 11) is 2.23. The fourth-order valence-corrected chi connectivity index (χ4v) is 1.81. The standard InChI is InChI=1S/C8H13N.C2H6/c1-9-7-5-3-2-4-6-8(7)9;1-2/h2-3,7-8H,4-6H2,1H3;1-2H3. The third kappa shape index (κ3) is 1.84. The molecule has 64 valence electrons. The van der Waals surface area contributed by atoms with Gasteiger partial charge in [-0.05, 0) is 26.3 Å². The molecule has 0 aromatic heterocycles. The lowest BCUT2D eigenvalue weighted by Crippen LogP contribution is -1.92. The van der Waals surface area contributed by atoms with Crippen LogP contribution in [-0.2, 0) is 0 Å². The highest BCUT2D eigenvalue weighted by Crippen LogP contribution is 2.34. The molecule has 0 spiro atoms. The molecule has 0 aromatic carbocycles. The van der Waals surface area contributed by atoms with Crippen LogP contribution in [0.5, 0.6) is 0 Å². The summed E-state index contributed by atoms with van der Waals surface area (Å²) in [6.07, 6.45) is 8.62. The highest BCUT2D eigenvalue weighted by molar-refractivity contribution is 5.07. The maximum absolute atomic E-state index is 2.48. The largest absolute Gasteiger partial charge is 0.297 e. The maximum Gasteiger partial charge on any atom is 0.0286 e. The maximum atomic E-state index is 2.48. The van der Waals surface area contributed by atoms with Gasteiger partial charge < -0.3 is 0 Å². The van der Waals surface area contributed by atoms with Gasteiger partial charge in [0, 0.05) is 12.1 Å². The van der Waals surface area contributed by atoms with Crippen LogP contribution in [0.3, 0.4) is 0 Å². The van der Waals surface area contributed by atoms with Crippen LogP contribution in [0.4, 0.5) is 0 Å². The molecule has 0 aromatic rings. The van der Waals surface area contributed by atoms with Crippen LogP contribution in [0.1, 0.15) is 33.1 Å². The van der Waals surface area contributed by atoms with E-state index in [1.165, 1.54) is 19.3 Å². The molecule has 3 atom stereocenters. The molecule has 2 rings (SSSR count). The van der Waals surface area contributed by atoms with Crippen molar-refractivity contribution in [1.82, 2.24) is 4.90 Å². The van der Waals surface area contributed by atoms with Gasteiger partial charge in [-0.1, -0.05) is 26.0 Å². The molecule has 0 bridgehead atoms. The van der Waals surface area contributed by atoms with Crippen molar-refractivity contribution in [2.24, 2.45) is 0 Å². The van der Waals surface area contributed by atoms with E-state index in [0.29, 0.717) is 0 Å². The molecule has 11 heavy (non-hydrogen) atoms. The van der Waals surface area contributed by atoms with Gasteiger partial charge in [0.15, 0.2) is 0 Å². The number of rotatable bonds is 0. The van der Waals surface area contributed by atoms with Gasteiger partial charge in [-0.3, -0.25) is 4.90 Å². The second-order valence-corrected chi connectivity index (χ2v) is 3.08. The van der Waals surface area contributed by atoms with Gasteiger partial charge in [-0.15, -0.1) is 0 Å². The van der Waals surface area contributed by atoms with Crippen molar-refractivity contribution in [2.75, 3.05) is 7.05 Å². The molecule has 0 N–H and O–H groups in total. The fourth-order valence-electron chi connectivity index (χ4n) is 1.81. The average molecular weight is 153 g/mol.